The van der Waals surface area contributed by atoms with Crippen LogP contribution < -0.4 is 16.6 Å². The lowest BCUT2D eigenvalue weighted by atomic mass is 10.2. The van der Waals surface area contributed by atoms with Crippen molar-refractivity contribution in [1.82, 2.24) is 14.5 Å². The van der Waals surface area contributed by atoms with Crippen molar-refractivity contribution in [2.24, 2.45) is 7.05 Å². The molecule has 0 unspecified atom stereocenters. The second kappa shape index (κ2) is 3.94. The van der Waals surface area contributed by atoms with Crippen molar-refractivity contribution in [3.8, 4) is 6.07 Å². The molecule has 6 nitrogen and oxygen atoms in total. The summed E-state index contributed by atoms with van der Waals surface area (Å²) in [6, 6.07) is 1.85. The van der Waals surface area contributed by atoms with Crippen LogP contribution in [0.3, 0.4) is 0 Å². The molecule has 1 aliphatic rings. The lowest BCUT2D eigenvalue weighted by Crippen LogP contribution is -2.40. The van der Waals surface area contributed by atoms with Crippen LogP contribution in [0, 0.1) is 11.3 Å². The Hall–Kier alpha value is -1.87. The number of nitrogens with zero attached hydrogens (tertiary/aromatic N) is 3. The van der Waals surface area contributed by atoms with Crippen LogP contribution in [0.2, 0.25) is 0 Å². The predicted octanol–water partition coefficient (Wildman–Crippen LogP) is -1.05. The molecule has 84 valence electrons. The quantitative estimate of drug-likeness (QED) is 0.655. The van der Waals surface area contributed by atoms with Crippen LogP contribution in [0.25, 0.3) is 0 Å². The van der Waals surface area contributed by atoms with Gasteiger partial charge in [0, 0.05) is 19.8 Å². The fourth-order valence-corrected chi connectivity index (χ4v) is 1.91. The Morgan fingerprint density at radius 2 is 2.31 bits per heavy atom. The standard InChI is InChI=1S/C10H12N4O2/c1-13-9(15)7(4-11)6-14(10(13)16)8-2-3-12-5-8/h6,8,12H,2-3,5H2,1H3/t8-/m1/s1. The second-order valence-corrected chi connectivity index (χ2v) is 3.86. The zero-order chi connectivity index (χ0) is 11.7. The molecule has 1 aromatic heterocycles. The summed E-state index contributed by atoms with van der Waals surface area (Å²) in [7, 11) is 1.39. The van der Waals surface area contributed by atoms with Gasteiger partial charge in [0.25, 0.3) is 5.56 Å². The molecule has 0 amide bonds. The van der Waals surface area contributed by atoms with Crippen molar-refractivity contribution in [1.29, 1.82) is 5.26 Å². The molecule has 0 aliphatic carbocycles. The van der Waals surface area contributed by atoms with Crippen LogP contribution in [-0.2, 0) is 7.05 Å². The SMILES string of the molecule is Cn1c(=O)c(C#N)cn([C@@H]2CCNC2)c1=O. The Morgan fingerprint density at radius 3 is 2.88 bits per heavy atom. The maximum absolute atomic E-state index is 11.8. The predicted molar refractivity (Wildman–Crippen MR) is 57.2 cm³/mol. The van der Waals surface area contributed by atoms with E-state index >= 15 is 0 Å². The van der Waals surface area contributed by atoms with Gasteiger partial charge in [0.2, 0.25) is 0 Å². The highest BCUT2D eigenvalue weighted by Crippen LogP contribution is 2.11. The molecule has 0 aromatic carbocycles. The highest BCUT2D eigenvalue weighted by atomic mass is 16.2. The number of hydrogen-bond acceptors (Lipinski definition) is 4. The number of nitriles is 1. The normalized spacial score (nSPS) is 19.6. The van der Waals surface area contributed by atoms with E-state index in [9.17, 15) is 9.59 Å². The van der Waals surface area contributed by atoms with Crippen LogP contribution in [0.1, 0.15) is 18.0 Å². The smallest absolute Gasteiger partial charge is 0.315 e. The molecule has 1 fully saturated rings. The van der Waals surface area contributed by atoms with Crippen LogP contribution in [0.15, 0.2) is 15.8 Å². The molecule has 0 bridgehead atoms. The first kappa shape index (κ1) is 10.6. The summed E-state index contributed by atoms with van der Waals surface area (Å²) in [5, 5.41) is 11.9. The van der Waals surface area contributed by atoms with Gasteiger partial charge in [0.15, 0.2) is 0 Å². The van der Waals surface area contributed by atoms with E-state index in [-0.39, 0.29) is 17.3 Å². The Balaban J connectivity index is 2.63. The number of aromatic nitrogens is 2. The van der Waals surface area contributed by atoms with Crippen molar-refractivity contribution >= 4 is 0 Å². The molecule has 1 aliphatic heterocycles. The lowest BCUT2D eigenvalue weighted by Gasteiger charge is -2.13. The Kier molecular flexibility index (Phi) is 2.62. The van der Waals surface area contributed by atoms with Gasteiger partial charge in [-0.1, -0.05) is 0 Å². The third-order valence-electron chi connectivity index (χ3n) is 2.86. The van der Waals surface area contributed by atoms with E-state index in [1.54, 1.807) is 0 Å². The third-order valence-corrected chi connectivity index (χ3v) is 2.86. The van der Waals surface area contributed by atoms with E-state index in [0.717, 1.165) is 17.5 Å². The maximum Gasteiger partial charge on any atom is 0.331 e. The molecule has 1 N–H and O–H groups in total. The second-order valence-electron chi connectivity index (χ2n) is 3.86. The lowest BCUT2D eigenvalue weighted by molar-refractivity contribution is 0.494. The van der Waals surface area contributed by atoms with E-state index in [2.05, 4.69) is 5.32 Å². The minimum Gasteiger partial charge on any atom is -0.315 e. The highest BCUT2D eigenvalue weighted by molar-refractivity contribution is 5.22. The number of nitrogens with one attached hydrogen (secondary N) is 1. The summed E-state index contributed by atoms with van der Waals surface area (Å²) in [5.74, 6) is 0. The minimum atomic E-state index is -0.533. The molecule has 0 saturated carbocycles. The monoisotopic (exact) mass is 220 g/mol. The van der Waals surface area contributed by atoms with E-state index < -0.39 is 5.56 Å². The largest absolute Gasteiger partial charge is 0.331 e. The van der Waals surface area contributed by atoms with Gasteiger partial charge in [-0.3, -0.25) is 13.9 Å². The summed E-state index contributed by atoms with van der Waals surface area (Å²) >= 11 is 0. The highest BCUT2D eigenvalue weighted by Gasteiger charge is 2.19. The molecule has 2 heterocycles. The average Bonchev–Trinajstić information content (AvgIpc) is 2.80. The molecule has 0 radical (unpaired) electrons. The van der Waals surface area contributed by atoms with E-state index in [1.165, 1.54) is 17.8 Å². The first-order chi connectivity index (χ1) is 7.65. The van der Waals surface area contributed by atoms with Crippen LogP contribution >= 0.6 is 0 Å². The Morgan fingerprint density at radius 1 is 1.56 bits per heavy atom. The van der Waals surface area contributed by atoms with Gasteiger partial charge in [-0.25, -0.2) is 4.79 Å². The topological polar surface area (TPSA) is 79.8 Å². The van der Waals surface area contributed by atoms with Crippen LogP contribution in [0.4, 0.5) is 0 Å². The van der Waals surface area contributed by atoms with E-state index in [0.29, 0.717) is 6.54 Å². The van der Waals surface area contributed by atoms with Crippen molar-refractivity contribution in [3.05, 3.63) is 32.6 Å². The minimum absolute atomic E-state index is 0.00833. The van der Waals surface area contributed by atoms with E-state index in [4.69, 9.17) is 5.26 Å². The fraction of sp³-hybridized carbons (Fsp3) is 0.500. The first-order valence-corrected chi connectivity index (χ1v) is 5.08. The summed E-state index contributed by atoms with van der Waals surface area (Å²) in [6.45, 7) is 1.55. The zero-order valence-electron chi connectivity index (χ0n) is 8.93. The summed E-state index contributed by atoms with van der Waals surface area (Å²) in [5.41, 5.74) is -0.888. The zero-order valence-corrected chi connectivity index (χ0v) is 8.93. The van der Waals surface area contributed by atoms with Gasteiger partial charge in [-0.2, -0.15) is 5.26 Å². The molecule has 0 spiro atoms. The number of rotatable bonds is 1. The van der Waals surface area contributed by atoms with Gasteiger partial charge in [-0.15, -0.1) is 0 Å². The number of hydrogen-bond donors (Lipinski definition) is 1. The average molecular weight is 220 g/mol. The summed E-state index contributed by atoms with van der Waals surface area (Å²) < 4.78 is 2.46. The van der Waals surface area contributed by atoms with Crippen molar-refractivity contribution < 1.29 is 0 Å². The van der Waals surface area contributed by atoms with Crippen molar-refractivity contribution in [2.45, 2.75) is 12.5 Å². The first-order valence-electron chi connectivity index (χ1n) is 5.08. The third kappa shape index (κ3) is 1.55. The molecule has 1 saturated heterocycles. The summed E-state index contributed by atoms with van der Waals surface area (Å²) in [6.07, 6.45) is 2.20. The van der Waals surface area contributed by atoms with Crippen molar-refractivity contribution in [2.75, 3.05) is 13.1 Å². The van der Waals surface area contributed by atoms with Crippen LogP contribution in [0.5, 0.6) is 0 Å². The molecule has 16 heavy (non-hydrogen) atoms. The van der Waals surface area contributed by atoms with Gasteiger partial charge in [-0.05, 0) is 13.0 Å². The van der Waals surface area contributed by atoms with Crippen molar-refractivity contribution in [3.63, 3.8) is 0 Å². The van der Waals surface area contributed by atoms with Gasteiger partial charge in [0.1, 0.15) is 11.6 Å². The van der Waals surface area contributed by atoms with Crippen LogP contribution in [-0.4, -0.2) is 22.2 Å². The van der Waals surface area contributed by atoms with Gasteiger partial charge < -0.3 is 5.32 Å². The van der Waals surface area contributed by atoms with Gasteiger partial charge >= 0.3 is 5.69 Å². The maximum atomic E-state index is 11.8. The van der Waals surface area contributed by atoms with E-state index in [1.807, 2.05) is 6.07 Å². The fourth-order valence-electron chi connectivity index (χ4n) is 1.91. The molecule has 6 heteroatoms. The molecular formula is C10H12N4O2. The Labute approximate surface area is 91.7 Å². The molecule has 1 aromatic rings. The molecule has 2 rings (SSSR count). The molecular weight excluding hydrogens is 208 g/mol. The molecule has 1 atom stereocenters. The Bertz CT molecular complexity index is 558. The van der Waals surface area contributed by atoms with Gasteiger partial charge in [0.05, 0.1) is 6.04 Å². The summed E-state index contributed by atoms with van der Waals surface area (Å²) in [4.78, 5) is 23.3.